The SMILES string of the molecule is Brc1cccc2c(NCCCOC[C@H]3CCCO3)nccc12. The van der Waals surface area contributed by atoms with E-state index in [2.05, 4.69) is 32.3 Å². The second kappa shape index (κ2) is 7.90. The molecule has 0 aliphatic carbocycles. The topological polar surface area (TPSA) is 43.4 Å². The van der Waals surface area contributed by atoms with Gasteiger partial charge < -0.3 is 14.8 Å². The smallest absolute Gasteiger partial charge is 0.133 e. The van der Waals surface area contributed by atoms with Gasteiger partial charge >= 0.3 is 0 Å². The molecule has 0 amide bonds. The van der Waals surface area contributed by atoms with Gasteiger partial charge in [0.25, 0.3) is 0 Å². The Kier molecular flexibility index (Phi) is 5.64. The van der Waals surface area contributed by atoms with E-state index in [1.54, 1.807) is 0 Å². The van der Waals surface area contributed by atoms with E-state index in [0.717, 1.165) is 61.3 Å². The van der Waals surface area contributed by atoms with Crippen molar-refractivity contribution in [2.45, 2.75) is 25.4 Å². The van der Waals surface area contributed by atoms with E-state index >= 15 is 0 Å². The highest BCUT2D eigenvalue weighted by molar-refractivity contribution is 9.10. The summed E-state index contributed by atoms with van der Waals surface area (Å²) in [4.78, 5) is 4.44. The van der Waals surface area contributed by atoms with Gasteiger partial charge in [-0.25, -0.2) is 4.98 Å². The number of anilines is 1. The maximum absolute atomic E-state index is 5.67. The minimum Gasteiger partial charge on any atom is -0.379 e. The van der Waals surface area contributed by atoms with Gasteiger partial charge in [0.15, 0.2) is 0 Å². The van der Waals surface area contributed by atoms with E-state index in [0.29, 0.717) is 6.10 Å². The zero-order chi connectivity index (χ0) is 15.2. The molecule has 2 heterocycles. The van der Waals surface area contributed by atoms with Crippen molar-refractivity contribution < 1.29 is 9.47 Å². The minimum atomic E-state index is 0.310. The van der Waals surface area contributed by atoms with Gasteiger partial charge in [-0.1, -0.05) is 28.1 Å². The number of pyridine rings is 1. The Morgan fingerprint density at radius 1 is 1.32 bits per heavy atom. The number of rotatable bonds is 7. The number of benzene rings is 1. The van der Waals surface area contributed by atoms with Gasteiger partial charge in [-0.15, -0.1) is 0 Å². The van der Waals surface area contributed by atoms with Gasteiger partial charge in [0.05, 0.1) is 12.7 Å². The molecule has 5 heteroatoms. The van der Waals surface area contributed by atoms with Crippen molar-refractivity contribution in [2.75, 3.05) is 31.7 Å². The van der Waals surface area contributed by atoms with Crippen LogP contribution in [0.2, 0.25) is 0 Å². The molecule has 1 aliphatic rings. The van der Waals surface area contributed by atoms with Crippen LogP contribution in [0.15, 0.2) is 34.9 Å². The molecule has 2 aromatic rings. The van der Waals surface area contributed by atoms with Crippen LogP contribution < -0.4 is 5.32 Å². The van der Waals surface area contributed by atoms with Crippen LogP contribution in [0.25, 0.3) is 10.8 Å². The summed E-state index contributed by atoms with van der Waals surface area (Å²) in [7, 11) is 0. The van der Waals surface area contributed by atoms with E-state index in [1.165, 1.54) is 5.39 Å². The van der Waals surface area contributed by atoms with Crippen molar-refractivity contribution in [3.05, 3.63) is 34.9 Å². The third-order valence-electron chi connectivity index (χ3n) is 3.84. The van der Waals surface area contributed by atoms with Gasteiger partial charge in [-0.3, -0.25) is 0 Å². The van der Waals surface area contributed by atoms with Crippen LogP contribution in [-0.4, -0.2) is 37.5 Å². The molecule has 1 aliphatic heterocycles. The quantitative estimate of drug-likeness (QED) is 0.754. The number of nitrogens with one attached hydrogen (secondary N) is 1. The van der Waals surface area contributed by atoms with E-state index < -0.39 is 0 Å². The first-order valence-electron chi connectivity index (χ1n) is 7.81. The highest BCUT2D eigenvalue weighted by Gasteiger charge is 2.14. The molecule has 22 heavy (non-hydrogen) atoms. The fourth-order valence-corrected chi connectivity index (χ4v) is 3.18. The Labute approximate surface area is 139 Å². The lowest BCUT2D eigenvalue weighted by molar-refractivity contribution is 0.0172. The highest BCUT2D eigenvalue weighted by atomic mass is 79.9. The molecule has 1 N–H and O–H groups in total. The molecule has 0 spiro atoms. The van der Waals surface area contributed by atoms with Crippen molar-refractivity contribution in [2.24, 2.45) is 0 Å². The molecule has 118 valence electrons. The molecule has 1 aromatic heterocycles. The molecule has 1 fully saturated rings. The zero-order valence-electron chi connectivity index (χ0n) is 12.6. The summed E-state index contributed by atoms with van der Waals surface area (Å²) in [6.45, 7) is 3.21. The number of aromatic nitrogens is 1. The standard InChI is InChI=1S/C17H21BrN2O2/c18-16-6-1-5-15-14(16)7-9-20-17(15)19-8-3-10-21-12-13-4-2-11-22-13/h1,5-7,9,13H,2-4,8,10-12H2,(H,19,20)/t13-/m1/s1. The average Bonchev–Trinajstić information content (AvgIpc) is 3.05. The normalized spacial score (nSPS) is 18.0. The molecule has 0 saturated carbocycles. The number of hydrogen-bond acceptors (Lipinski definition) is 4. The summed E-state index contributed by atoms with van der Waals surface area (Å²) >= 11 is 3.58. The third-order valence-corrected chi connectivity index (χ3v) is 4.53. The lowest BCUT2D eigenvalue weighted by atomic mass is 10.1. The van der Waals surface area contributed by atoms with Crippen molar-refractivity contribution in [3.63, 3.8) is 0 Å². The van der Waals surface area contributed by atoms with E-state index in [4.69, 9.17) is 9.47 Å². The summed E-state index contributed by atoms with van der Waals surface area (Å²) in [5.74, 6) is 0.929. The average molecular weight is 365 g/mol. The van der Waals surface area contributed by atoms with Crippen LogP contribution in [0.4, 0.5) is 5.82 Å². The molecule has 0 unspecified atom stereocenters. The van der Waals surface area contributed by atoms with Crippen LogP contribution in [0.3, 0.4) is 0 Å². The van der Waals surface area contributed by atoms with E-state index in [-0.39, 0.29) is 0 Å². The molecule has 4 nitrogen and oxygen atoms in total. The maximum atomic E-state index is 5.67. The molecule has 1 aromatic carbocycles. The number of hydrogen-bond donors (Lipinski definition) is 1. The first-order valence-corrected chi connectivity index (χ1v) is 8.60. The summed E-state index contributed by atoms with van der Waals surface area (Å²) < 4.78 is 12.3. The van der Waals surface area contributed by atoms with Gasteiger partial charge in [0.2, 0.25) is 0 Å². The van der Waals surface area contributed by atoms with Crippen LogP contribution in [0.1, 0.15) is 19.3 Å². The summed E-state index contributed by atoms with van der Waals surface area (Å²) in [5, 5.41) is 5.71. The van der Waals surface area contributed by atoms with Gasteiger partial charge in [-0.2, -0.15) is 0 Å². The Hall–Kier alpha value is -1.17. The van der Waals surface area contributed by atoms with Gasteiger partial charge in [-0.05, 0) is 31.4 Å². The first kappa shape index (κ1) is 15.7. The van der Waals surface area contributed by atoms with Crippen molar-refractivity contribution >= 4 is 32.5 Å². The Balaban J connectivity index is 1.44. The number of ether oxygens (including phenoxy) is 2. The van der Waals surface area contributed by atoms with E-state index in [9.17, 15) is 0 Å². The largest absolute Gasteiger partial charge is 0.379 e. The first-order chi connectivity index (χ1) is 10.8. The van der Waals surface area contributed by atoms with Crippen LogP contribution in [0.5, 0.6) is 0 Å². The summed E-state index contributed by atoms with van der Waals surface area (Å²) in [6.07, 6.45) is 5.40. The Bertz CT molecular complexity index is 615. The van der Waals surface area contributed by atoms with Gasteiger partial charge in [0, 0.05) is 41.2 Å². The monoisotopic (exact) mass is 364 g/mol. The molecule has 0 bridgehead atoms. The van der Waals surface area contributed by atoms with Crippen LogP contribution >= 0.6 is 15.9 Å². The third kappa shape index (κ3) is 3.97. The minimum absolute atomic E-state index is 0.310. The predicted octanol–water partition coefficient (Wildman–Crippen LogP) is 3.99. The van der Waals surface area contributed by atoms with Crippen molar-refractivity contribution in [1.82, 2.24) is 4.98 Å². The van der Waals surface area contributed by atoms with Crippen LogP contribution in [-0.2, 0) is 9.47 Å². The van der Waals surface area contributed by atoms with E-state index in [1.807, 2.05) is 24.4 Å². The predicted molar refractivity (Wildman–Crippen MR) is 92.3 cm³/mol. The number of fused-ring (bicyclic) bond motifs is 1. The highest BCUT2D eigenvalue weighted by Crippen LogP contribution is 2.27. The summed E-state index contributed by atoms with van der Waals surface area (Å²) in [6, 6.07) is 8.19. The lowest BCUT2D eigenvalue weighted by Crippen LogP contribution is -2.15. The Morgan fingerprint density at radius 2 is 2.27 bits per heavy atom. The fourth-order valence-electron chi connectivity index (χ4n) is 2.68. The maximum Gasteiger partial charge on any atom is 0.133 e. The fraction of sp³-hybridized carbons (Fsp3) is 0.471. The number of halogens is 1. The molecular weight excluding hydrogens is 344 g/mol. The van der Waals surface area contributed by atoms with Crippen LogP contribution in [0, 0.1) is 0 Å². The second-order valence-electron chi connectivity index (χ2n) is 5.48. The molecule has 3 rings (SSSR count). The summed E-state index contributed by atoms with van der Waals surface area (Å²) in [5.41, 5.74) is 0. The number of nitrogens with zero attached hydrogens (tertiary/aromatic N) is 1. The lowest BCUT2D eigenvalue weighted by Gasteiger charge is -2.11. The Morgan fingerprint density at radius 3 is 3.14 bits per heavy atom. The molecule has 0 radical (unpaired) electrons. The van der Waals surface area contributed by atoms with Crippen molar-refractivity contribution in [3.8, 4) is 0 Å². The molecule has 1 atom stereocenters. The van der Waals surface area contributed by atoms with Crippen molar-refractivity contribution in [1.29, 1.82) is 0 Å². The molecule has 1 saturated heterocycles. The van der Waals surface area contributed by atoms with Gasteiger partial charge in [0.1, 0.15) is 5.82 Å². The molecular formula is C17H21BrN2O2. The second-order valence-corrected chi connectivity index (χ2v) is 6.34. The zero-order valence-corrected chi connectivity index (χ0v) is 14.1.